The molecule has 2 aromatic carbocycles. The molecule has 2 N–H and O–H groups in total. The van der Waals surface area contributed by atoms with Gasteiger partial charge in [-0.15, -0.1) is 0 Å². The fourth-order valence-electron chi connectivity index (χ4n) is 2.30. The summed E-state index contributed by atoms with van der Waals surface area (Å²) in [4.78, 5) is 16.2. The molecule has 0 saturated carbocycles. The molecule has 1 amide bonds. The molecule has 1 heterocycles. The molecule has 3 aromatic rings. The Labute approximate surface area is 162 Å². The van der Waals surface area contributed by atoms with Gasteiger partial charge < -0.3 is 5.32 Å². The van der Waals surface area contributed by atoms with E-state index in [-0.39, 0.29) is 10.8 Å². The third kappa shape index (κ3) is 5.06. The zero-order valence-electron chi connectivity index (χ0n) is 14.1. The second kappa shape index (κ2) is 8.20. The van der Waals surface area contributed by atoms with Crippen LogP contribution in [0.15, 0.2) is 78.0 Å². The smallest absolute Gasteiger partial charge is 0.261 e. The number of halogens is 1. The van der Waals surface area contributed by atoms with Gasteiger partial charge in [-0.05, 0) is 60.2 Å². The monoisotopic (exact) mass is 401 g/mol. The molecule has 0 spiro atoms. The van der Waals surface area contributed by atoms with Crippen molar-refractivity contribution < 1.29 is 13.2 Å². The average Bonchev–Trinajstić information content (AvgIpc) is 2.69. The van der Waals surface area contributed by atoms with Crippen LogP contribution >= 0.6 is 11.6 Å². The number of sulfonamides is 1. The molecule has 0 unspecified atom stereocenters. The second-order valence-electron chi connectivity index (χ2n) is 5.68. The first-order valence-corrected chi connectivity index (χ1v) is 9.86. The van der Waals surface area contributed by atoms with E-state index in [2.05, 4.69) is 15.0 Å². The molecule has 0 bridgehead atoms. The number of nitrogens with zero attached hydrogens (tertiary/aromatic N) is 1. The quantitative estimate of drug-likeness (QED) is 0.662. The van der Waals surface area contributed by atoms with Crippen LogP contribution in [0, 0.1) is 0 Å². The number of carbonyl (C=O) groups excluding carboxylic acids is 1. The number of nitrogens with one attached hydrogen (secondary N) is 2. The first kappa shape index (κ1) is 18.9. The average molecular weight is 402 g/mol. The third-order valence-electron chi connectivity index (χ3n) is 3.70. The van der Waals surface area contributed by atoms with Gasteiger partial charge in [-0.3, -0.25) is 14.5 Å². The molecule has 8 heteroatoms. The van der Waals surface area contributed by atoms with Gasteiger partial charge in [0, 0.05) is 35.2 Å². The SMILES string of the molecule is O=C(NCc1cccnc1)c1ccc(S(=O)(=O)Nc2ccc(Cl)cc2)cc1. The highest BCUT2D eigenvalue weighted by atomic mass is 35.5. The molecule has 0 fully saturated rings. The lowest BCUT2D eigenvalue weighted by Gasteiger charge is -2.09. The summed E-state index contributed by atoms with van der Waals surface area (Å²) >= 11 is 5.79. The number of rotatable bonds is 6. The summed E-state index contributed by atoms with van der Waals surface area (Å²) in [5.41, 5.74) is 1.64. The van der Waals surface area contributed by atoms with Gasteiger partial charge in [0.05, 0.1) is 4.90 Å². The lowest BCUT2D eigenvalue weighted by Crippen LogP contribution is -2.23. The number of carbonyl (C=O) groups is 1. The highest BCUT2D eigenvalue weighted by Gasteiger charge is 2.15. The molecule has 3 rings (SSSR count). The maximum atomic E-state index is 12.4. The van der Waals surface area contributed by atoms with E-state index in [0.717, 1.165) is 5.56 Å². The summed E-state index contributed by atoms with van der Waals surface area (Å²) < 4.78 is 27.3. The summed E-state index contributed by atoms with van der Waals surface area (Å²) in [6.45, 7) is 0.338. The number of amides is 1. The van der Waals surface area contributed by atoms with Gasteiger partial charge in [-0.1, -0.05) is 17.7 Å². The Bertz CT molecular complexity index is 1020. The molecule has 138 valence electrons. The van der Waals surface area contributed by atoms with Crippen LogP contribution < -0.4 is 10.0 Å². The van der Waals surface area contributed by atoms with Crippen molar-refractivity contribution in [1.82, 2.24) is 10.3 Å². The molecular weight excluding hydrogens is 386 g/mol. The summed E-state index contributed by atoms with van der Waals surface area (Å²) in [5.74, 6) is -0.298. The fourth-order valence-corrected chi connectivity index (χ4v) is 3.49. The Morgan fingerprint density at radius 1 is 1.00 bits per heavy atom. The number of benzene rings is 2. The largest absolute Gasteiger partial charge is 0.348 e. The van der Waals surface area contributed by atoms with Crippen LogP contribution in [-0.4, -0.2) is 19.3 Å². The minimum atomic E-state index is -3.76. The Morgan fingerprint density at radius 2 is 1.70 bits per heavy atom. The zero-order chi connectivity index (χ0) is 19.3. The zero-order valence-corrected chi connectivity index (χ0v) is 15.7. The Kier molecular flexibility index (Phi) is 5.73. The second-order valence-corrected chi connectivity index (χ2v) is 7.80. The molecule has 0 radical (unpaired) electrons. The van der Waals surface area contributed by atoms with E-state index in [1.807, 2.05) is 6.07 Å². The van der Waals surface area contributed by atoms with Crippen molar-refractivity contribution in [3.63, 3.8) is 0 Å². The van der Waals surface area contributed by atoms with E-state index in [1.54, 1.807) is 42.7 Å². The predicted molar refractivity (Wildman–Crippen MR) is 104 cm³/mol. The van der Waals surface area contributed by atoms with Crippen LogP contribution in [0.5, 0.6) is 0 Å². The van der Waals surface area contributed by atoms with Gasteiger partial charge in [0.2, 0.25) is 0 Å². The minimum Gasteiger partial charge on any atom is -0.348 e. The molecule has 27 heavy (non-hydrogen) atoms. The van der Waals surface area contributed by atoms with Gasteiger partial charge in [0.15, 0.2) is 0 Å². The van der Waals surface area contributed by atoms with E-state index in [0.29, 0.717) is 22.8 Å². The Hall–Kier alpha value is -2.90. The summed E-state index contributed by atoms with van der Waals surface area (Å²) in [6.07, 6.45) is 3.32. The highest BCUT2D eigenvalue weighted by molar-refractivity contribution is 7.92. The van der Waals surface area contributed by atoms with Crippen LogP contribution in [0.25, 0.3) is 0 Å². The number of pyridine rings is 1. The lowest BCUT2D eigenvalue weighted by molar-refractivity contribution is 0.0951. The lowest BCUT2D eigenvalue weighted by atomic mass is 10.2. The van der Waals surface area contributed by atoms with Crippen molar-refractivity contribution in [3.8, 4) is 0 Å². The van der Waals surface area contributed by atoms with E-state index < -0.39 is 10.0 Å². The Balaban J connectivity index is 1.66. The fraction of sp³-hybridized carbons (Fsp3) is 0.0526. The topological polar surface area (TPSA) is 88.2 Å². The van der Waals surface area contributed by atoms with Crippen molar-refractivity contribution in [2.24, 2.45) is 0 Å². The summed E-state index contributed by atoms with van der Waals surface area (Å²) in [5, 5.41) is 3.28. The minimum absolute atomic E-state index is 0.0567. The molecule has 0 aliphatic heterocycles. The van der Waals surface area contributed by atoms with Crippen molar-refractivity contribution in [2.45, 2.75) is 11.4 Å². The molecule has 0 aliphatic rings. The number of anilines is 1. The molecule has 6 nitrogen and oxygen atoms in total. The van der Waals surface area contributed by atoms with Gasteiger partial charge in [0.25, 0.3) is 15.9 Å². The Morgan fingerprint density at radius 3 is 2.33 bits per heavy atom. The summed E-state index contributed by atoms with van der Waals surface area (Å²) in [6, 6.07) is 15.7. The molecular formula is C19H16ClN3O3S. The van der Waals surface area contributed by atoms with Gasteiger partial charge in [-0.25, -0.2) is 8.42 Å². The predicted octanol–water partition coefficient (Wildman–Crippen LogP) is 3.47. The van der Waals surface area contributed by atoms with Crippen molar-refractivity contribution in [2.75, 3.05) is 4.72 Å². The number of aromatic nitrogens is 1. The van der Waals surface area contributed by atoms with E-state index in [4.69, 9.17) is 11.6 Å². The van der Waals surface area contributed by atoms with Crippen molar-refractivity contribution in [1.29, 1.82) is 0 Å². The van der Waals surface area contributed by atoms with E-state index >= 15 is 0 Å². The third-order valence-corrected chi connectivity index (χ3v) is 5.35. The van der Waals surface area contributed by atoms with Crippen LogP contribution in [0.3, 0.4) is 0 Å². The number of hydrogen-bond acceptors (Lipinski definition) is 4. The van der Waals surface area contributed by atoms with Crippen LogP contribution in [0.1, 0.15) is 15.9 Å². The van der Waals surface area contributed by atoms with Gasteiger partial charge in [-0.2, -0.15) is 0 Å². The highest BCUT2D eigenvalue weighted by Crippen LogP contribution is 2.18. The molecule has 1 aromatic heterocycles. The first-order chi connectivity index (χ1) is 12.9. The molecule has 0 aliphatic carbocycles. The first-order valence-electron chi connectivity index (χ1n) is 7.99. The maximum Gasteiger partial charge on any atom is 0.261 e. The van der Waals surface area contributed by atoms with Crippen LogP contribution in [0.4, 0.5) is 5.69 Å². The van der Waals surface area contributed by atoms with Crippen LogP contribution in [-0.2, 0) is 16.6 Å². The van der Waals surface area contributed by atoms with Gasteiger partial charge >= 0.3 is 0 Å². The molecule has 0 saturated heterocycles. The van der Waals surface area contributed by atoms with Crippen molar-refractivity contribution >= 4 is 33.2 Å². The molecule has 0 atom stereocenters. The van der Waals surface area contributed by atoms with Crippen LogP contribution in [0.2, 0.25) is 5.02 Å². The standard InChI is InChI=1S/C19H16ClN3O3S/c20-16-5-7-17(8-6-16)23-27(25,26)18-9-3-15(4-10-18)19(24)22-13-14-2-1-11-21-12-14/h1-12,23H,13H2,(H,22,24). The van der Waals surface area contributed by atoms with E-state index in [1.165, 1.54) is 24.3 Å². The number of hydrogen-bond donors (Lipinski definition) is 2. The van der Waals surface area contributed by atoms with Crippen molar-refractivity contribution in [3.05, 3.63) is 89.2 Å². The normalized spacial score (nSPS) is 11.0. The maximum absolute atomic E-state index is 12.4. The van der Waals surface area contributed by atoms with Gasteiger partial charge in [0.1, 0.15) is 0 Å². The summed E-state index contributed by atoms with van der Waals surface area (Å²) in [7, 11) is -3.76. The van der Waals surface area contributed by atoms with E-state index in [9.17, 15) is 13.2 Å².